The molecule has 1 fully saturated rings. The monoisotopic (exact) mass is 229 g/mol. The first-order chi connectivity index (χ1) is 7.63. The highest BCUT2D eigenvalue weighted by Crippen LogP contribution is 2.17. The van der Waals surface area contributed by atoms with Gasteiger partial charge in [0, 0.05) is 6.04 Å². The lowest BCUT2D eigenvalue weighted by Crippen LogP contribution is -2.50. The minimum Gasteiger partial charge on any atom is -0.352 e. The van der Waals surface area contributed by atoms with Gasteiger partial charge >= 0.3 is 6.03 Å². The number of carbonyl (C=O) groups excluding carboxylic acids is 2. The lowest BCUT2D eigenvalue weighted by molar-refractivity contribution is -0.123. The van der Waals surface area contributed by atoms with Crippen LogP contribution in [-0.2, 0) is 4.79 Å². The predicted octanol–water partition coefficient (Wildman–Crippen LogP) is 0.512. The first-order valence-electron chi connectivity index (χ1n) is 5.64. The van der Waals surface area contributed by atoms with Gasteiger partial charge in [0.15, 0.2) is 0 Å². The standard InChI is InChI=1S/C10H19N3O3/c1-7(11-10(15)13-16)9(14)12-8-5-3-2-4-6-8/h7-8,16H,2-6H2,1H3,(H,12,14)(H2,11,13,15). The average molecular weight is 229 g/mol. The van der Waals surface area contributed by atoms with Gasteiger partial charge in [0.05, 0.1) is 0 Å². The third-order valence-corrected chi connectivity index (χ3v) is 2.79. The Kier molecular flexibility index (Phi) is 5.04. The lowest BCUT2D eigenvalue weighted by Gasteiger charge is -2.24. The first kappa shape index (κ1) is 12.8. The summed E-state index contributed by atoms with van der Waals surface area (Å²) in [6.45, 7) is 1.58. The third kappa shape index (κ3) is 4.06. The molecule has 1 aliphatic rings. The van der Waals surface area contributed by atoms with Crippen LogP contribution in [0.1, 0.15) is 39.0 Å². The molecule has 1 atom stereocenters. The van der Waals surface area contributed by atoms with Gasteiger partial charge in [0.25, 0.3) is 0 Å². The Morgan fingerprint density at radius 2 is 1.88 bits per heavy atom. The summed E-state index contributed by atoms with van der Waals surface area (Å²) >= 11 is 0. The zero-order valence-corrected chi connectivity index (χ0v) is 9.45. The van der Waals surface area contributed by atoms with E-state index >= 15 is 0 Å². The second-order valence-electron chi connectivity index (χ2n) is 4.15. The molecule has 0 saturated heterocycles. The van der Waals surface area contributed by atoms with Crippen LogP contribution in [0.4, 0.5) is 4.79 Å². The Hall–Kier alpha value is -1.30. The van der Waals surface area contributed by atoms with Crippen molar-refractivity contribution in [3.05, 3.63) is 0 Å². The summed E-state index contributed by atoms with van der Waals surface area (Å²) in [6, 6.07) is -1.19. The number of hydrogen-bond donors (Lipinski definition) is 4. The molecule has 16 heavy (non-hydrogen) atoms. The SMILES string of the molecule is CC(NC(=O)NO)C(=O)NC1CCCCC1. The lowest BCUT2D eigenvalue weighted by atomic mass is 9.95. The van der Waals surface area contributed by atoms with Gasteiger partial charge in [-0.1, -0.05) is 19.3 Å². The van der Waals surface area contributed by atoms with E-state index < -0.39 is 12.1 Å². The number of nitrogens with one attached hydrogen (secondary N) is 3. The fraction of sp³-hybridized carbons (Fsp3) is 0.800. The molecule has 0 heterocycles. The van der Waals surface area contributed by atoms with E-state index in [0.717, 1.165) is 25.7 Å². The van der Waals surface area contributed by atoms with Gasteiger partial charge in [-0.05, 0) is 19.8 Å². The van der Waals surface area contributed by atoms with Gasteiger partial charge in [-0.2, -0.15) is 0 Å². The van der Waals surface area contributed by atoms with Crippen LogP contribution in [0.2, 0.25) is 0 Å². The first-order valence-corrected chi connectivity index (χ1v) is 5.64. The Bertz CT molecular complexity index is 252. The molecule has 6 nitrogen and oxygen atoms in total. The molecule has 0 aliphatic heterocycles. The molecule has 1 rings (SSSR count). The zero-order chi connectivity index (χ0) is 12.0. The van der Waals surface area contributed by atoms with E-state index in [2.05, 4.69) is 10.6 Å². The van der Waals surface area contributed by atoms with Gasteiger partial charge in [0.1, 0.15) is 6.04 Å². The maximum atomic E-state index is 11.6. The van der Waals surface area contributed by atoms with Crippen LogP contribution < -0.4 is 16.1 Å². The van der Waals surface area contributed by atoms with E-state index in [1.165, 1.54) is 11.9 Å². The molecular formula is C10H19N3O3. The van der Waals surface area contributed by atoms with Crippen LogP contribution in [0.25, 0.3) is 0 Å². The molecule has 1 unspecified atom stereocenters. The molecule has 0 radical (unpaired) electrons. The fourth-order valence-electron chi connectivity index (χ4n) is 1.87. The maximum absolute atomic E-state index is 11.6. The Labute approximate surface area is 94.7 Å². The van der Waals surface area contributed by atoms with Crippen molar-refractivity contribution in [1.82, 2.24) is 16.1 Å². The molecule has 0 aromatic heterocycles. The molecule has 0 aromatic rings. The van der Waals surface area contributed by atoms with E-state index in [-0.39, 0.29) is 11.9 Å². The minimum absolute atomic E-state index is 0.212. The number of hydroxylamine groups is 1. The Balaban J connectivity index is 2.29. The number of rotatable bonds is 3. The van der Waals surface area contributed by atoms with Crippen LogP contribution in [0.5, 0.6) is 0 Å². The molecule has 0 spiro atoms. The summed E-state index contributed by atoms with van der Waals surface area (Å²) in [6.07, 6.45) is 5.52. The van der Waals surface area contributed by atoms with Crippen molar-refractivity contribution < 1.29 is 14.8 Å². The van der Waals surface area contributed by atoms with Crippen molar-refractivity contribution in [1.29, 1.82) is 0 Å². The summed E-state index contributed by atoms with van der Waals surface area (Å²) in [5, 5.41) is 13.5. The van der Waals surface area contributed by atoms with Crippen LogP contribution in [0.3, 0.4) is 0 Å². The van der Waals surface area contributed by atoms with Crippen LogP contribution in [0, 0.1) is 0 Å². The van der Waals surface area contributed by atoms with E-state index in [1.807, 2.05) is 0 Å². The fourth-order valence-corrected chi connectivity index (χ4v) is 1.87. The molecule has 6 heteroatoms. The Morgan fingerprint density at radius 3 is 2.44 bits per heavy atom. The van der Waals surface area contributed by atoms with Gasteiger partial charge in [0.2, 0.25) is 5.91 Å². The molecule has 3 amide bonds. The zero-order valence-electron chi connectivity index (χ0n) is 9.45. The molecule has 4 N–H and O–H groups in total. The number of carbonyl (C=O) groups is 2. The molecule has 0 bridgehead atoms. The van der Waals surface area contributed by atoms with E-state index in [1.54, 1.807) is 6.92 Å². The van der Waals surface area contributed by atoms with Crippen LogP contribution in [0.15, 0.2) is 0 Å². The second-order valence-corrected chi connectivity index (χ2v) is 4.15. The number of amides is 3. The topological polar surface area (TPSA) is 90.5 Å². The highest BCUT2D eigenvalue weighted by atomic mass is 16.5. The van der Waals surface area contributed by atoms with Crippen molar-refractivity contribution in [2.45, 2.75) is 51.1 Å². The van der Waals surface area contributed by atoms with Gasteiger partial charge < -0.3 is 10.6 Å². The minimum atomic E-state index is -0.772. The predicted molar refractivity (Wildman–Crippen MR) is 57.9 cm³/mol. The third-order valence-electron chi connectivity index (χ3n) is 2.79. The van der Waals surface area contributed by atoms with Gasteiger partial charge in [-0.15, -0.1) is 0 Å². The van der Waals surface area contributed by atoms with Crippen molar-refractivity contribution in [2.75, 3.05) is 0 Å². The van der Waals surface area contributed by atoms with Gasteiger partial charge in [-0.25, -0.2) is 10.3 Å². The highest BCUT2D eigenvalue weighted by Gasteiger charge is 2.20. The summed E-state index contributed by atoms with van der Waals surface area (Å²) in [5.74, 6) is -0.212. The van der Waals surface area contributed by atoms with E-state index in [9.17, 15) is 9.59 Å². The maximum Gasteiger partial charge on any atom is 0.339 e. The smallest absolute Gasteiger partial charge is 0.339 e. The summed E-state index contributed by atoms with van der Waals surface area (Å²) in [5.41, 5.74) is 1.42. The molecule has 1 saturated carbocycles. The van der Waals surface area contributed by atoms with Gasteiger partial charge in [-0.3, -0.25) is 10.0 Å². The molecular weight excluding hydrogens is 210 g/mol. The van der Waals surface area contributed by atoms with Crippen molar-refractivity contribution in [3.63, 3.8) is 0 Å². The summed E-state index contributed by atoms with van der Waals surface area (Å²) < 4.78 is 0. The summed E-state index contributed by atoms with van der Waals surface area (Å²) in [4.78, 5) is 22.4. The second kappa shape index (κ2) is 6.32. The number of hydrogen-bond acceptors (Lipinski definition) is 3. The summed E-state index contributed by atoms with van der Waals surface area (Å²) in [7, 11) is 0. The molecule has 92 valence electrons. The van der Waals surface area contributed by atoms with Crippen molar-refractivity contribution in [3.8, 4) is 0 Å². The van der Waals surface area contributed by atoms with Crippen molar-refractivity contribution in [2.24, 2.45) is 0 Å². The van der Waals surface area contributed by atoms with E-state index in [4.69, 9.17) is 5.21 Å². The average Bonchev–Trinajstić information content (AvgIpc) is 2.30. The number of urea groups is 1. The Morgan fingerprint density at radius 1 is 1.25 bits per heavy atom. The molecule has 0 aromatic carbocycles. The van der Waals surface area contributed by atoms with Crippen molar-refractivity contribution >= 4 is 11.9 Å². The van der Waals surface area contributed by atoms with Crippen LogP contribution in [-0.4, -0.2) is 29.2 Å². The highest BCUT2D eigenvalue weighted by molar-refractivity contribution is 5.86. The molecule has 1 aliphatic carbocycles. The van der Waals surface area contributed by atoms with Crippen LogP contribution >= 0.6 is 0 Å². The quantitative estimate of drug-likeness (QED) is 0.420. The normalized spacial score (nSPS) is 18.6. The van der Waals surface area contributed by atoms with E-state index in [0.29, 0.717) is 0 Å². The largest absolute Gasteiger partial charge is 0.352 e.